The van der Waals surface area contributed by atoms with Gasteiger partial charge in [-0.1, -0.05) is 15.9 Å². The van der Waals surface area contributed by atoms with E-state index in [0.717, 1.165) is 14.4 Å². The molecule has 2 aliphatic heterocycles. The van der Waals surface area contributed by atoms with Crippen LogP contribution in [0.3, 0.4) is 0 Å². The third-order valence-corrected chi connectivity index (χ3v) is 4.47. The molecule has 1 saturated heterocycles. The van der Waals surface area contributed by atoms with Crippen molar-refractivity contribution in [1.82, 2.24) is 5.01 Å². The normalized spacial score (nSPS) is 22.1. The number of imide groups is 1. The lowest BCUT2D eigenvalue weighted by Crippen LogP contribution is -2.41. The van der Waals surface area contributed by atoms with Gasteiger partial charge in [-0.15, -0.1) is 0 Å². The van der Waals surface area contributed by atoms with E-state index < -0.39 is 35.7 Å². The molecule has 0 saturated carbocycles. The van der Waals surface area contributed by atoms with Crippen LogP contribution < -0.4 is 4.90 Å². The second kappa shape index (κ2) is 6.40. The van der Waals surface area contributed by atoms with E-state index in [0.29, 0.717) is 5.69 Å². The highest BCUT2D eigenvalue weighted by Gasteiger charge is 2.59. The van der Waals surface area contributed by atoms with Gasteiger partial charge in [-0.05, 0) is 31.2 Å². The summed E-state index contributed by atoms with van der Waals surface area (Å²) in [6, 6.07) is 5.41. The first-order valence-electron chi connectivity index (χ1n) is 7.55. The van der Waals surface area contributed by atoms with E-state index in [1.807, 2.05) is 0 Å². The van der Waals surface area contributed by atoms with Crippen LogP contribution in [-0.2, 0) is 23.9 Å². The molecule has 0 N–H and O–H groups in total. The maximum atomic E-state index is 12.8. The maximum absolute atomic E-state index is 12.8. The number of anilines is 1. The number of carbonyl (C=O) groups excluding carboxylic acids is 4. The fraction of sp³-hybridized carbons (Fsp3) is 0.312. The molecule has 3 amide bonds. The summed E-state index contributed by atoms with van der Waals surface area (Å²) in [5.74, 6) is -3.70. The quantitative estimate of drug-likeness (QED) is 0.551. The maximum Gasteiger partial charge on any atom is 0.355 e. The summed E-state index contributed by atoms with van der Waals surface area (Å²) in [6.45, 7) is 2.92. The molecular formula is C16H14BrN3O5. The number of ether oxygens (including phenoxy) is 1. The first kappa shape index (κ1) is 17.3. The minimum atomic E-state index is -1.16. The number of carbonyl (C=O) groups is 4. The number of halogens is 1. The molecule has 0 unspecified atom stereocenters. The number of fused-ring (bicyclic) bond motifs is 1. The molecule has 9 heteroatoms. The molecule has 1 aromatic carbocycles. The largest absolute Gasteiger partial charge is 0.461 e. The SMILES string of the molecule is CCOC(=O)C1=NN(C(C)=O)[C@@H]2C(=O)N(c3ccc(Br)cc3)C(=O)[C@@H]12. The summed E-state index contributed by atoms with van der Waals surface area (Å²) in [5, 5.41) is 4.77. The van der Waals surface area contributed by atoms with Crippen LogP contribution in [0.4, 0.5) is 5.69 Å². The lowest BCUT2D eigenvalue weighted by molar-refractivity contribution is -0.136. The third-order valence-electron chi connectivity index (χ3n) is 3.94. The summed E-state index contributed by atoms with van der Waals surface area (Å²) in [5.41, 5.74) is 0.138. The average Bonchev–Trinajstić information content (AvgIpc) is 3.07. The summed E-state index contributed by atoms with van der Waals surface area (Å²) in [4.78, 5) is 50.6. The monoisotopic (exact) mass is 407 g/mol. The summed E-state index contributed by atoms with van der Waals surface area (Å²) < 4.78 is 5.69. The van der Waals surface area contributed by atoms with Crippen LogP contribution in [0, 0.1) is 5.92 Å². The molecule has 25 heavy (non-hydrogen) atoms. The number of hydrogen-bond acceptors (Lipinski definition) is 6. The average molecular weight is 408 g/mol. The second-order valence-corrected chi connectivity index (χ2v) is 6.40. The van der Waals surface area contributed by atoms with Gasteiger partial charge in [0.15, 0.2) is 11.8 Å². The van der Waals surface area contributed by atoms with Crippen molar-refractivity contribution in [1.29, 1.82) is 0 Å². The van der Waals surface area contributed by atoms with Crippen LogP contribution in [0.1, 0.15) is 13.8 Å². The van der Waals surface area contributed by atoms with Crippen molar-refractivity contribution in [3.63, 3.8) is 0 Å². The number of nitrogens with zero attached hydrogens (tertiary/aromatic N) is 3. The van der Waals surface area contributed by atoms with E-state index in [1.54, 1.807) is 31.2 Å². The molecular weight excluding hydrogens is 394 g/mol. The Kier molecular flexibility index (Phi) is 4.42. The van der Waals surface area contributed by atoms with Crippen molar-refractivity contribution in [2.45, 2.75) is 19.9 Å². The number of esters is 1. The van der Waals surface area contributed by atoms with Gasteiger partial charge in [0.1, 0.15) is 5.92 Å². The Labute approximate surface area is 151 Å². The van der Waals surface area contributed by atoms with Crippen LogP contribution in [0.2, 0.25) is 0 Å². The van der Waals surface area contributed by atoms with Crippen molar-refractivity contribution >= 4 is 51.0 Å². The van der Waals surface area contributed by atoms with Gasteiger partial charge in [-0.25, -0.2) is 14.7 Å². The van der Waals surface area contributed by atoms with Crippen LogP contribution in [0.5, 0.6) is 0 Å². The first-order valence-corrected chi connectivity index (χ1v) is 8.35. The minimum Gasteiger partial charge on any atom is -0.461 e. The second-order valence-electron chi connectivity index (χ2n) is 5.48. The zero-order valence-corrected chi connectivity index (χ0v) is 15.0. The minimum absolute atomic E-state index is 0.0911. The van der Waals surface area contributed by atoms with Gasteiger partial charge >= 0.3 is 5.97 Å². The summed E-state index contributed by atoms with van der Waals surface area (Å²) in [7, 11) is 0. The van der Waals surface area contributed by atoms with Crippen molar-refractivity contribution in [2.24, 2.45) is 11.0 Å². The standard InChI is InChI=1S/C16H14BrN3O5/c1-3-25-16(24)12-11-13(20(18-12)8(2)21)15(23)19(14(11)22)10-6-4-9(17)5-7-10/h4-7,11,13H,3H2,1-2H3/t11-,13-/m0/s1. The van der Waals surface area contributed by atoms with Gasteiger partial charge in [0, 0.05) is 11.4 Å². The van der Waals surface area contributed by atoms with Crippen molar-refractivity contribution in [2.75, 3.05) is 11.5 Å². The van der Waals surface area contributed by atoms with Crippen LogP contribution in [0.25, 0.3) is 0 Å². The van der Waals surface area contributed by atoms with Gasteiger partial charge in [-0.3, -0.25) is 14.4 Å². The predicted molar refractivity (Wildman–Crippen MR) is 90.5 cm³/mol. The number of rotatable bonds is 3. The van der Waals surface area contributed by atoms with Gasteiger partial charge in [-0.2, -0.15) is 5.10 Å². The van der Waals surface area contributed by atoms with Crippen LogP contribution >= 0.6 is 15.9 Å². The lowest BCUT2D eigenvalue weighted by Gasteiger charge is -2.19. The van der Waals surface area contributed by atoms with Gasteiger partial charge in [0.25, 0.3) is 5.91 Å². The first-order chi connectivity index (χ1) is 11.9. The van der Waals surface area contributed by atoms with Gasteiger partial charge in [0.05, 0.1) is 12.3 Å². The molecule has 2 heterocycles. The topological polar surface area (TPSA) is 96.3 Å². The van der Waals surface area contributed by atoms with Gasteiger partial charge < -0.3 is 4.74 Å². The number of benzene rings is 1. The zero-order valence-electron chi connectivity index (χ0n) is 13.4. The predicted octanol–water partition coefficient (Wildman–Crippen LogP) is 1.09. The molecule has 8 nitrogen and oxygen atoms in total. The Morgan fingerprint density at radius 2 is 1.84 bits per heavy atom. The molecule has 3 rings (SSSR count). The van der Waals surface area contributed by atoms with Crippen LogP contribution in [0.15, 0.2) is 33.8 Å². The Balaban J connectivity index is 2.03. The molecule has 1 fully saturated rings. The molecule has 2 atom stereocenters. The van der Waals surface area contributed by atoms with Gasteiger partial charge in [0.2, 0.25) is 11.8 Å². The third kappa shape index (κ3) is 2.74. The molecule has 0 radical (unpaired) electrons. The van der Waals surface area contributed by atoms with E-state index in [2.05, 4.69) is 21.0 Å². The Bertz CT molecular complexity index is 804. The molecule has 130 valence electrons. The van der Waals surface area contributed by atoms with Crippen molar-refractivity contribution in [3.05, 3.63) is 28.7 Å². The highest BCUT2D eigenvalue weighted by atomic mass is 79.9. The highest BCUT2D eigenvalue weighted by molar-refractivity contribution is 9.10. The van der Waals surface area contributed by atoms with Crippen molar-refractivity contribution in [3.8, 4) is 0 Å². The smallest absolute Gasteiger partial charge is 0.355 e. The number of amides is 3. The number of hydrogen-bond donors (Lipinski definition) is 0. The fourth-order valence-electron chi connectivity index (χ4n) is 2.89. The van der Waals surface area contributed by atoms with Crippen LogP contribution in [-0.4, -0.2) is 47.1 Å². The molecule has 0 spiro atoms. The summed E-state index contributed by atoms with van der Waals surface area (Å²) in [6.07, 6.45) is 0. The molecule has 1 aromatic rings. The fourth-order valence-corrected chi connectivity index (χ4v) is 3.16. The van der Waals surface area contributed by atoms with E-state index in [9.17, 15) is 19.2 Å². The van der Waals surface area contributed by atoms with E-state index in [4.69, 9.17) is 4.74 Å². The highest BCUT2D eigenvalue weighted by Crippen LogP contribution is 2.35. The van der Waals surface area contributed by atoms with E-state index in [-0.39, 0.29) is 12.3 Å². The Morgan fingerprint density at radius 1 is 1.20 bits per heavy atom. The Hall–Kier alpha value is -2.55. The number of hydrazone groups is 1. The molecule has 0 aliphatic carbocycles. The molecule has 0 aromatic heterocycles. The van der Waals surface area contributed by atoms with E-state index >= 15 is 0 Å². The van der Waals surface area contributed by atoms with Crippen molar-refractivity contribution < 1.29 is 23.9 Å². The lowest BCUT2D eigenvalue weighted by atomic mass is 9.98. The summed E-state index contributed by atoms with van der Waals surface area (Å²) >= 11 is 3.29. The molecule has 0 bridgehead atoms. The van der Waals surface area contributed by atoms with E-state index in [1.165, 1.54) is 6.92 Å². The zero-order chi connectivity index (χ0) is 18.3. The Morgan fingerprint density at radius 3 is 2.40 bits per heavy atom. The molecule has 2 aliphatic rings.